The van der Waals surface area contributed by atoms with Crippen LogP contribution >= 0.6 is 0 Å². The van der Waals surface area contributed by atoms with Crippen LogP contribution in [-0.2, 0) is 0 Å². The third-order valence-corrected chi connectivity index (χ3v) is 2.96. The Kier molecular flexibility index (Phi) is 3.30. The molecule has 0 aliphatic carbocycles. The van der Waals surface area contributed by atoms with Gasteiger partial charge in [-0.25, -0.2) is 0 Å². The standard InChI is InChI=1S/C14H16N2/c1-3-11(2)12-6-8-13(9-7-12)14-5-4-10-15-16-14/h4-11H,3H2,1-2H3. The highest BCUT2D eigenvalue weighted by molar-refractivity contribution is 5.58. The fourth-order valence-electron chi connectivity index (χ4n) is 1.67. The minimum atomic E-state index is 0.621. The van der Waals surface area contributed by atoms with E-state index < -0.39 is 0 Å². The Morgan fingerprint density at radius 2 is 1.88 bits per heavy atom. The fourth-order valence-corrected chi connectivity index (χ4v) is 1.67. The van der Waals surface area contributed by atoms with E-state index in [-0.39, 0.29) is 0 Å². The SMILES string of the molecule is CCC(C)c1ccc(-c2cccnn2)cc1. The summed E-state index contributed by atoms with van der Waals surface area (Å²) in [4.78, 5) is 0. The topological polar surface area (TPSA) is 25.8 Å². The smallest absolute Gasteiger partial charge is 0.0929 e. The van der Waals surface area contributed by atoms with Gasteiger partial charge in [0, 0.05) is 11.8 Å². The number of rotatable bonds is 3. The van der Waals surface area contributed by atoms with Gasteiger partial charge in [-0.05, 0) is 30.0 Å². The molecule has 16 heavy (non-hydrogen) atoms. The van der Waals surface area contributed by atoms with E-state index in [1.165, 1.54) is 12.0 Å². The van der Waals surface area contributed by atoms with Crippen molar-refractivity contribution in [1.82, 2.24) is 10.2 Å². The van der Waals surface area contributed by atoms with E-state index in [1.54, 1.807) is 6.20 Å². The zero-order valence-electron chi connectivity index (χ0n) is 9.72. The average Bonchev–Trinajstić information content (AvgIpc) is 2.39. The predicted octanol–water partition coefficient (Wildman–Crippen LogP) is 3.66. The Labute approximate surface area is 96.4 Å². The predicted molar refractivity (Wildman–Crippen MR) is 66.2 cm³/mol. The van der Waals surface area contributed by atoms with Crippen LogP contribution in [0.5, 0.6) is 0 Å². The van der Waals surface area contributed by atoms with Crippen molar-refractivity contribution < 1.29 is 0 Å². The Morgan fingerprint density at radius 3 is 2.44 bits per heavy atom. The monoisotopic (exact) mass is 212 g/mol. The molecular weight excluding hydrogens is 196 g/mol. The zero-order chi connectivity index (χ0) is 11.4. The molecule has 0 radical (unpaired) electrons. The van der Waals surface area contributed by atoms with E-state index in [0.717, 1.165) is 11.3 Å². The Bertz CT molecular complexity index is 434. The first-order valence-corrected chi connectivity index (χ1v) is 5.69. The number of nitrogens with zero attached hydrogens (tertiary/aromatic N) is 2. The van der Waals surface area contributed by atoms with Crippen molar-refractivity contribution in [3.63, 3.8) is 0 Å². The second-order valence-corrected chi connectivity index (χ2v) is 4.04. The highest BCUT2D eigenvalue weighted by Crippen LogP contribution is 2.22. The van der Waals surface area contributed by atoms with Crippen LogP contribution in [0.3, 0.4) is 0 Å². The molecule has 0 aliphatic heterocycles. The number of benzene rings is 1. The lowest BCUT2D eigenvalue weighted by atomic mass is 9.97. The van der Waals surface area contributed by atoms with Crippen LogP contribution in [0.2, 0.25) is 0 Å². The molecule has 0 saturated carbocycles. The van der Waals surface area contributed by atoms with Crippen LogP contribution in [-0.4, -0.2) is 10.2 Å². The van der Waals surface area contributed by atoms with Gasteiger partial charge in [-0.3, -0.25) is 0 Å². The maximum absolute atomic E-state index is 4.09. The van der Waals surface area contributed by atoms with Gasteiger partial charge in [-0.2, -0.15) is 10.2 Å². The van der Waals surface area contributed by atoms with E-state index in [0.29, 0.717) is 5.92 Å². The van der Waals surface area contributed by atoms with Crippen LogP contribution in [0.4, 0.5) is 0 Å². The van der Waals surface area contributed by atoms with E-state index in [9.17, 15) is 0 Å². The largest absolute Gasteiger partial charge is 0.159 e. The van der Waals surface area contributed by atoms with Gasteiger partial charge >= 0.3 is 0 Å². The second kappa shape index (κ2) is 4.88. The molecule has 2 rings (SSSR count). The van der Waals surface area contributed by atoms with Crippen LogP contribution < -0.4 is 0 Å². The molecule has 0 fully saturated rings. The normalized spacial score (nSPS) is 12.4. The molecule has 0 saturated heterocycles. The highest BCUT2D eigenvalue weighted by Gasteiger charge is 2.03. The lowest BCUT2D eigenvalue weighted by Crippen LogP contribution is -1.91. The van der Waals surface area contributed by atoms with Crippen molar-refractivity contribution in [2.75, 3.05) is 0 Å². The molecule has 0 spiro atoms. The zero-order valence-corrected chi connectivity index (χ0v) is 9.72. The summed E-state index contributed by atoms with van der Waals surface area (Å²) < 4.78 is 0. The van der Waals surface area contributed by atoms with Gasteiger partial charge in [0.2, 0.25) is 0 Å². The molecule has 0 amide bonds. The molecule has 2 heteroatoms. The van der Waals surface area contributed by atoms with Crippen molar-refractivity contribution in [3.8, 4) is 11.3 Å². The molecule has 1 unspecified atom stereocenters. The highest BCUT2D eigenvalue weighted by atomic mass is 15.1. The first-order valence-electron chi connectivity index (χ1n) is 5.69. The molecule has 0 aliphatic rings. The van der Waals surface area contributed by atoms with Crippen molar-refractivity contribution in [2.24, 2.45) is 0 Å². The van der Waals surface area contributed by atoms with E-state index in [4.69, 9.17) is 0 Å². The summed E-state index contributed by atoms with van der Waals surface area (Å²) in [5.41, 5.74) is 3.44. The molecule has 0 bridgehead atoms. The summed E-state index contributed by atoms with van der Waals surface area (Å²) in [6.07, 6.45) is 2.86. The van der Waals surface area contributed by atoms with Gasteiger partial charge in [0.25, 0.3) is 0 Å². The molecule has 2 nitrogen and oxygen atoms in total. The van der Waals surface area contributed by atoms with Crippen molar-refractivity contribution >= 4 is 0 Å². The number of aromatic nitrogens is 2. The lowest BCUT2D eigenvalue weighted by molar-refractivity contribution is 0.734. The van der Waals surface area contributed by atoms with E-state index in [2.05, 4.69) is 48.3 Å². The molecule has 1 aromatic heterocycles. The van der Waals surface area contributed by atoms with E-state index >= 15 is 0 Å². The lowest BCUT2D eigenvalue weighted by Gasteiger charge is -2.09. The number of hydrogen-bond donors (Lipinski definition) is 0. The van der Waals surface area contributed by atoms with Gasteiger partial charge in [0.05, 0.1) is 5.69 Å². The summed E-state index contributed by atoms with van der Waals surface area (Å²) in [5.74, 6) is 0.621. The number of hydrogen-bond acceptors (Lipinski definition) is 2. The Morgan fingerprint density at radius 1 is 1.12 bits per heavy atom. The molecule has 1 heterocycles. The maximum atomic E-state index is 4.09. The molecule has 82 valence electrons. The summed E-state index contributed by atoms with van der Waals surface area (Å²) >= 11 is 0. The van der Waals surface area contributed by atoms with Crippen molar-refractivity contribution in [2.45, 2.75) is 26.2 Å². The Hall–Kier alpha value is -1.70. The second-order valence-electron chi connectivity index (χ2n) is 4.04. The van der Waals surface area contributed by atoms with Crippen LogP contribution in [0.15, 0.2) is 42.6 Å². The van der Waals surface area contributed by atoms with Crippen LogP contribution in [0.25, 0.3) is 11.3 Å². The molecule has 0 N–H and O–H groups in total. The first-order chi connectivity index (χ1) is 7.81. The van der Waals surface area contributed by atoms with Gasteiger partial charge in [0.15, 0.2) is 0 Å². The summed E-state index contributed by atoms with van der Waals surface area (Å²) in [6, 6.07) is 12.5. The summed E-state index contributed by atoms with van der Waals surface area (Å²) in [6.45, 7) is 4.46. The van der Waals surface area contributed by atoms with Crippen LogP contribution in [0.1, 0.15) is 31.7 Å². The molecular formula is C14H16N2. The average molecular weight is 212 g/mol. The van der Waals surface area contributed by atoms with Gasteiger partial charge < -0.3 is 0 Å². The Balaban J connectivity index is 2.26. The minimum Gasteiger partial charge on any atom is -0.159 e. The minimum absolute atomic E-state index is 0.621. The van der Waals surface area contributed by atoms with Gasteiger partial charge in [-0.1, -0.05) is 38.1 Å². The quantitative estimate of drug-likeness (QED) is 0.776. The van der Waals surface area contributed by atoms with E-state index in [1.807, 2.05) is 12.1 Å². The third-order valence-electron chi connectivity index (χ3n) is 2.96. The van der Waals surface area contributed by atoms with Crippen LogP contribution in [0, 0.1) is 0 Å². The molecule has 2 aromatic rings. The van der Waals surface area contributed by atoms with Gasteiger partial charge in [0.1, 0.15) is 0 Å². The maximum Gasteiger partial charge on any atom is 0.0929 e. The first kappa shape index (κ1) is 10.8. The van der Waals surface area contributed by atoms with Gasteiger partial charge in [-0.15, -0.1) is 0 Å². The summed E-state index contributed by atoms with van der Waals surface area (Å²) in [5, 5.41) is 7.98. The fraction of sp³-hybridized carbons (Fsp3) is 0.286. The molecule has 1 aromatic carbocycles. The third kappa shape index (κ3) is 2.27. The molecule has 1 atom stereocenters. The van der Waals surface area contributed by atoms with Crippen molar-refractivity contribution in [1.29, 1.82) is 0 Å². The summed E-state index contributed by atoms with van der Waals surface area (Å²) in [7, 11) is 0. The van der Waals surface area contributed by atoms with Crippen molar-refractivity contribution in [3.05, 3.63) is 48.2 Å².